The second kappa shape index (κ2) is 22.2. The lowest BCUT2D eigenvalue weighted by molar-refractivity contribution is -0.323. The maximum Gasteiger partial charge on any atom is 0.229 e. The van der Waals surface area contributed by atoms with Crippen LogP contribution in [0.1, 0.15) is 96.0 Å². The SMILES string of the molecule is CCC(O)CCCCCCCCCCCCC(=O)NCCc1c[nH]c2ccc(O[C@H]3O[C@H](CO[C@H]4O[C@H](CO)[C@@H](O)[C@H](O)[C@H]4O)[C@@H](O)[C@H](O)[C@H]3O)cc12. The summed E-state index contributed by atoms with van der Waals surface area (Å²) in [6.07, 6.45) is 0.845. The minimum Gasteiger partial charge on any atom is -0.462 e. The highest BCUT2D eigenvalue weighted by Gasteiger charge is 2.48. The molecule has 1 aromatic carbocycles. The van der Waals surface area contributed by atoms with E-state index >= 15 is 0 Å². The molecule has 15 nitrogen and oxygen atoms in total. The molecule has 0 bridgehead atoms. The molecule has 302 valence electrons. The molecule has 0 radical (unpaired) electrons. The van der Waals surface area contributed by atoms with Crippen LogP contribution in [-0.4, -0.2) is 139 Å². The number of carbonyl (C=O) groups is 1. The van der Waals surface area contributed by atoms with E-state index in [1.165, 1.54) is 38.5 Å². The van der Waals surface area contributed by atoms with Gasteiger partial charge in [-0.3, -0.25) is 4.79 Å². The highest BCUT2D eigenvalue weighted by molar-refractivity contribution is 5.84. The Hall–Kier alpha value is -2.41. The van der Waals surface area contributed by atoms with Gasteiger partial charge in [-0.15, -0.1) is 0 Å². The van der Waals surface area contributed by atoms with Crippen LogP contribution in [0.15, 0.2) is 24.4 Å². The van der Waals surface area contributed by atoms with Crippen molar-refractivity contribution in [3.8, 4) is 5.75 Å². The summed E-state index contributed by atoms with van der Waals surface area (Å²) >= 11 is 0. The van der Waals surface area contributed by atoms with Crippen molar-refractivity contribution in [2.24, 2.45) is 0 Å². The third-order valence-electron chi connectivity index (χ3n) is 10.3. The number of amides is 1. The van der Waals surface area contributed by atoms with Crippen molar-refractivity contribution < 1.29 is 64.6 Å². The molecule has 0 spiro atoms. The molecule has 15 heteroatoms. The van der Waals surface area contributed by atoms with E-state index in [1.54, 1.807) is 18.2 Å². The van der Waals surface area contributed by atoms with Gasteiger partial charge in [-0.25, -0.2) is 0 Å². The quantitative estimate of drug-likeness (QED) is 0.0720. The van der Waals surface area contributed by atoms with Gasteiger partial charge in [0.1, 0.15) is 54.6 Å². The van der Waals surface area contributed by atoms with Crippen LogP contribution in [0.3, 0.4) is 0 Å². The zero-order chi connectivity index (χ0) is 38.3. The maximum absolute atomic E-state index is 12.5. The molecule has 2 saturated heterocycles. The number of unbranched alkanes of at least 4 members (excludes halogenated alkanes) is 9. The van der Waals surface area contributed by atoms with Crippen molar-refractivity contribution in [3.63, 3.8) is 0 Å². The molecule has 53 heavy (non-hydrogen) atoms. The second-order valence-electron chi connectivity index (χ2n) is 14.4. The summed E-state index contributed by atoms with van der Waals surface area (Å²) < 4.78 is 22.5. The summed E-state index contributed by atoms with van der Waals surface area (Å²) in [7, 11) is 0. The van der Waals surface area contributed by atoms with E-state index < -0.39 is 74.6 Å². The number of H-pyrrole nitrogens is 1. The standard InChI is InChI=1S/C38H62N2O13/c1-2-24(42)13-11-9-7-5-3-4-6-8-10-12-14-30(43)39-18-17-23-20-40-27-16-15-25(19-26(23)27)51-38-36(49)34(47)32(45)29(53-38)22-50-37-35(48)33(46)31(44)28(21-41)52-37/h15-16,19-20,24,28-29,31-38,40-42,44-49H,2-14,17-18,21-22H2,1H3,(H,39,43)/t24?,28-,29-,31-,32-,33+,34+,35-,36-,37+,38+/m1/s1. The van der Waals surface area contributed by atoms with Gasteiger partial charge in [-0.2, -0.15) is 0 Å². The lowest BCUT2D eigenvalue weighted by atomic mass is 9.98. The van der Waals surface area contributed by atoms with Crippen molar-refractivity contribution in [1.82, 2.24) is 10.3 Å². The smallest absolute Gasteiger partial charge is 0.229 e. The van der Waals surface area contributed by atoms with E-state index in [4.69, 9.17) is 18.9 Å². The van der Waals surface area contributed by atoms with Crippen LogP contribution >= 0.6 is 0 Å². The van der Waals surface area contributed by atoms with E-state index in [0.717, 1.165) is 55.0 Å². The molecule has 11 atom stereocenters. The molecule has 2 aliphatic rings. The number of rotatable bonds is 23. The summed E-state index contributed by atoms with van der Waals surface area (Å²) in [6, 6.07) is 5.18. The third kappa shape index (κ3) is 12.8. The van der Waals surface area contributed by atoms with Gasteiger partial charge in [-0.05, 0) is 49.4 Å². The lowest BCUT2D eigenvalue weighted by Gasteiger charge is -2.42. The molecule has 3 heterocycles. The van der Waals surface area contributed by atoms with Gasteiger partial charge < -0.3 is 70.1 Å². The van der Waals surface area contributed by atoms with E-state index in [2.05, 4.69) is 10.3 Å². The highest BCUT2D eigenvalue weighted by Crippen LogP contribution is 2.29. The molecule has 2 aromatic rings. The monoisotopic (exact) mass is 754 g/mol. The molecule has 0 saturated carbocycles. The number of nitrogens with one attached hydrogen (secondary N) is 2. The third-order valence-corrected chi connectivity index (χ3v) is 10.3. The summed E-state index contributed by atoms with van der Waals surface area (Å²) in [5.41, 5.74) is 1.77. The fourth-order valence-electron chi connectivity index (χ4n) is 6.83. The fourth-order valence-corrected chi connectivity index (χ4v) is 6.83. The van der Waals surface area contributed by atoms with Gasteiger partial charge in [0.25, 0.3) is 0 Å². The van der Waals surface area contributed by atoms with Gasteiger partial charge in [-0.1, -0.05) is 64.7 Å². The predicted molar refractivity (Wildman–Crippen MR) is 194 cm³/mol. The Morgan fingerprint density at radius 3 is 2.08 bits per heavy atom. The summed E-state index contributed by atoms with van der Waals surface area (Å²) in [5.74, 6) is 0.336. The maximum atomic E-state index is 12.5. The molecule has 1 aromatic heterocycles. The molecule has 10 N–H and O–H groups in total. The minimum absolute atomic E-state index is 0.0244. The number of benzene rings is 1. The molecule has 2 fully saturated rings. The van der Waals surface area contributed by atoms with Crippen LogP contribution in [0, 0.1) is 0 Å². The van der Waals surface area contributed by atoms with Crippen LogP contribution < -0.4 is 10.1 Å². The lowest BCUT2D eigenvalue weighted by Crippen LogP contribution is -2.62. The Kier molecular flexibility index (Phi) is 18.2. The second-order valence-corrected chi connectivity index (χ2v) is 14.4. The van der Waals surface area contributed by atoms with Gasteiger partial charge >= 0.3 is 0 Å². The van der Waals surface area contributed by atoms with Crippen molar-refractivity contribution in [2.75, 3.05) is 19.8 Å². The molecule has 1 amide bonds. The number of aromatic amines is 1. The summed E-state index contributed by atoms with van der Waals surface area (Å²) in [4.78, 5) is 15.7. The molecular weight excluding hydrogens is 692 g/mol. The van der Waals surface area contributed by atoms with Gasteiger partial charge in [0.05, 0.1) is 19.3 Å². The molecule has 4 rings (SSSR count). The number of aliphatic hydroxyl groups is 8. The first-order chi connectivity index (χ1) is 25.5. The van der Waals surface area contributed by atoms with Crippen LogP contribution in [0.4, 0.5) is 0 Å². The molecular formula is C38H62N2O13. The molecule has 0 aliphatic carbocycles. The number of hydrogen-bond acceptors (Lipinski definition) is 13. The zero-order valence-corrected chi connectivity index (χ0v) is 30.8. The van der Waals surface area contributed by atoms with E-state index in [9.17, 15) is 45.6 Å². The topological polar surface area (TPSA) is 244 Å². The Morgan fingerprint density at radius 1 is 0.811 bits per heavy atom. The fraction of sp³-hybridized carbons (Fsp3) is 0.763. The number of ether oxygens (including phenoxy) is 4. The molecule has 1 unspecified atom stereocenters. The van der Waals surface area contributed by atoms with Crippen LogP contribution in [0.25, 0.3) is 10.9 Å². The van der Waals surface area contributed by atoms with E-state index in [-0.39, 0.29) is 12.0 Å². The molecule has 2 aliphatic heterocycles. The first kappa shape index (κ1) is 43.3. The van der Waals surface area contributed by atoms with Crippen LogP contribution in [-0.2, 0) is 25.4 Å². The van der Waals surface area contributed by atoms with E-state index in [0.29, 0.717) is 25.1 Å². The van der Waals surface area contributed by atoms with Gasteiger partial charge in [0.15, 0.2) is 6.29 Å². The van der Waals surface area contributed by atoms with Crippen molar-refractivity contribution in [3.05, 3.63) is 30.0 Å². The van der Waals surface area contributed by atoms with E-state index in [1.807, 2.05) is 13.1 Å². The Balaban J connectivity index is 1.16. The first-order valence-electron chi connectivity index (χ1n) is 19.4. The minimum atomic E-state index is -1.68. The van der Waals surface area contributed by atoms with Crippen molar-refractivity contribution >= 4 is 16.8 Å². The van der Waals surface area contributed by atoms with Crippen LogP contribution in [0.5, 0.6) is 5.75 Å². The average molecular weight is 755 g/mol. The zero-order valence-electron chi connectivity index (χ0n) is 30.8. The number of carbonyl (C=O) groups excluding carboxylic acids is 1. The summed E-state index contributed by atoms with van der Waals surface area (Å²) in [6.45, 7) is 1.36. The largest absolute Gasteiger partial charge is 0.462 e. The number of hydrogen-bond donors (Lipinski definition) is 10. The van der Waals surface area contributed by atoms with Gasteiger partial charge in [0.2, 0.25) is 12.2 Å². The first-order valence-corrected chi connectivity index (χ1v) is 19.4. The Morgan fingerprint density at radius 2 is 1.42 bits per heavy atom. The number of fused-ring (bicyclic) bond motifs is 1. The normalized spacial score (nSPS) is 29.7. The Labute approximate surface area is 311 Å². The van der Waals surface area contributed by atoms with Crippen molar-refractivity contribution in [2.45, 2.75) is 164 Å². The average Bonchev–Trinajstić information content (AvgIpc) is 3.56. The predicted octanol–water partition coefficient (Wildman–Crippen LogP) is 1.28. The number of aliphatic hydroxyl groups excluding tert-OH is 8. The summed E-state index contributed by atoms with van der Waals surface area (Å²) in [5, 5.41) is 84.9. The Bertz CT molecular complexity index is 1340. The van der Waals surface area contributed by atoms with Crippen LogP contribution in [0.2, 0.25) is 0 Å². The van der Waals surface area contributed by atoms with Gasteiger partial charge in [0, 0.05) is 30.1 Å². The number of aromatic nitrogens is 1. The highest BCUT2D eigenvalue weighted by atomic mass is 16.7. The van der Waals surface area contributed by atoms with Crippen molar-refractivity contribution in [1.29, 1.82) is 0 Å².